The molecule has 0 saturated carbocycles. The summed E-state index contributed by atoms with van der Waals surface area (Å²) in [5, 5.41) is 23.7. The fraction of sp³-hybridized carbons (Fsp3) is 0.559. The SMILES string of the molecule is CCCCCCCCCCCC(=O)N(Cc1ccoc1)[C@@H]1CC(C(=O)NCCO)=C[C@H](Oc2c(I)cc(C=O)cc2OC)[C@H]1O. The molecule has 0 aliphatic heterocycles. The van der Waals surface area contributed by atoms with Crippen LogP contribution in [-0.4, -0.2) is 71.7 Å². The summed E-state index contributed by atoms with van der Waals surface area (Å²) in [6.45, 7) is 2.24. The highest BCUT2D eigenvalue weighted by Gasteiger charge is 2.41. The molecule has 10 nitrogen and oxygen atoms in total. The normalized spacial score (nSPS) is 17.8. The van der Waals surface area contributed by atoms with E-state index in [0.29, 0.717) is 38.9 Å². The molecule has 1 aromatic carbocycles. The van der Waals surface area contributed by atoms with Crippen molar-refractivity contribution >= 4 is 40.7 Å². The van der Waals surface area contributed by atoms with Crippen LogP contribution in [0.5, 0.6) is 11.5 Å². The van der Waals surface area contributed by atoms with Crippen LogP contribution in [0.2, 0.25) is 0 Å². The third kappa shape index (κ3) is 11.1. The number of aldehydes is 1. The van der Waals surface area contributed by atoms with Gasteiger partial charge in [-0.1, -0.05) is 58.3 Å². The number of benzene rings is 1. The van der Waals surface area contributed by atoms with Crippen LogP contribution in [0.25, 0.3) is 0 Å². The van der Waals surface area contributed by atoms with Crippen molar-refractivity contribution in [2.75, 3.05) is 20.3 Å². The molecule has 248 valence electrons. The highest BCUT2D eigenvalue weighted by atomic mass is 127. The van der Waals surface area contributed by atoms with Crippen LogP contribution >= 0.6 is 22.6 Å². The highest BCUT2D eigenvalue weighted by molar-refractivity contribution is 14.1. The molecule has 1 aliphatic carbocycles. The molecule has 0 unspecified atom stereocenters. The number of aliphatic hydroxyl groups excluding tert-OH is 2. The van der Waals surface area contributed by atoms with E-state index in [2.05, 4.69) is 12.2 Å². The van der Waals surface area contributed by atoms with Crippen LogP contribution in [-0.2, 0) is 16.1 Å². The van der Waals surface area contributed by atoms with E-state index in [9.17, 15) is 24.6 Å². The minimum absolute atomic E-state index is 0.0596. The number of carbonyl (C=O) groups excluding carboxylic acids is 3. The first kappa shape index (κ1) is 36.6. The predicted octanol–water partition coefficient (Wildman–Crippen LogP) is 5.57. The van der Waals surface area contributed by atoms with Gasteiger partial charge in [-0.25, -0.2) is 0 Å². The summed E-state index contributed by atoms with van der Waals surface area (Å²) < 4.78 is 17.6. The van der Waals surface area contributed by atoms with Gasteiger partial charge in [0.05, 0.1) is 35.9 Å². The predicted molar refractivity (Wildman–Crippen MR) is 179 cm³/mol. The Balaban J connectivity index is 1.83. The van der Waals surface area contributed by atoms with Gasteiger partial charge in [0, 0.05) is 42.6 Å². The van der Waals surface area contributed by atoms with Gasteiger partial charge in [-0.05, 0) is 53.3 Å². The van der Waals surface area contributed by atoms with E-state index in [1.54, 1.807) is 29.4 Å². The first-order valence-corrected chi connectivity index (χ1v) is 17.0. The number of unbranched alkanes of at least 4 members (excludes halogenated alkanes) is 8. The molecule has 11 heteroatoms. The fourth-order valence-electron chi connectivity index (χ4n) is 5.54. The van der Waals surface area contributed by atoms with Crippen molar-refractivity contribution < 1.29 is 38.5 Å². The Morgan fingerprint density at radius 2 is 1.84 bits per heavy atom. The molecule has 3 rings (SSSR count). The lowest BCUT2D eigenvalue weighted by Gasteiger charge is -2.40. The molecule has 0 radical (unpaired) electrons. The van der Waals surface area contributed by atoms with E-state index in [1.165, 1.54) is 51.5 Å². The van der Waals surface area contributed by atoms with Gasteiger partial charge in [-0.2, -0.15) is 0 Å². The summed E-state index contributed by atoms with van der Waals surface area (Å²) in [7, 11) is 1.45. The summed E-state index contributed by atoms with van der Waals surface area (Å²) in [4.78, 5) is 40.0. The van der Waals surface area contributed by atoms with E-state index in [1.807, 2.05) is 22.6 Å². The highest BCUT2D eigenvalue weighted by Crippen LogP contribution is 2.37. The molecule has 2 aromatic rings. The second-order valence-corrected chi connectivity index (χ2v) is 12.6. The molecule has 3 N–H and O–H groups in total. The van der Waals surface area contributed by atoms with E-state index >= 15 is 0 Å². The summed E-state index contributed by atoms with van der Waals surface area (Å²) >= 11 is 2.03. The molecule has 1 aliphatic rings. The quantitative estimate of drug-likeness (QED) is 0.0912. The Kier molecular flexibility index (Phi) is 15.9. The van der Waals surface area contributed by atoms with Crippen LogP contribution in [0, 0.1) is 3.57 Å². The Morgan fingerprint density at radius 3 is 2.47 bits per heavy atom. The van der Waals surface area contributed by atoms with E-state index in [4.69, 9.17) is 13.9 Å². The van der Waals surface area contributed by atoms with E-state index < -0.39 is 24.2 Å². The van der Waals surface area contributed by atoms with Gasteiger partial charge >= 0.3 is 0 Å². The van der Waals surface area contributed by atoms with E-state index in [-0.39, 0.29) is 32.0 Å². The summed E-state index contributed by atoms with van der Waals surface area (Å²) in [6, 6.07) is 4.16. The number of ether oxygens (including phenoxy) is 2. The largest absolute Gasteiger partial charge is 0.493 e. The number of hydrogen-bond acceptors (Lipinski definition) is 8. The molecule has 0 saturated heterocycles. The Morgan fingerprint density at radius 1 is 1.13 bits per heavy atom. The minimum atomic E-state index is -1.19. The zero-order valence-corrected chi connectivity index (χ0v) is 28.5. The molecular formula is C34H47IN2O8. The van der Waals surface area contributed by atoms with Crippen molar-refractivity contribution in [1.82, 2.24) is 10.2 Å². The van der Waals surface area contributed by atoms with Crippen LogP contribution < -0.4 is 14.8 Å². The summed E-state index contributed by atoms with van der Waals surface area (Å²) in [6.07, 6.45) is 13.7. The zero-order chi connectivity index (χ0) is 32.6. The van der Waals surface area contributed by atoms with Crippen LogP contribution in [0.4, 0.5) is 0 Å². The number of aliphatic hydroxyl groups is 2. The van der Waals surface area contributed by atoms with Gasteiger partial charge in [0.15, 0.2) is 11.5 Å². The lowest BCUT2D eigenvalue weighted by molar-refractivity contribution is -0.139. The number of hydrogen-bond donors (Lipinski definition) is 3. The zero-order valence-electron chi connectivity index (χ0n) is 26.3. The lowest BCUT2D eigenvalue weighted by Crippen LogP contribution is -2.54. The van der Waals surface area contributed by atoms with Gasteiger partial charge in [0.1, 0.15) is 18.5 Å². The average molecular weight is 739 g/mol. The van der Waals surface area contributed by atoms with Crippen molar-refractivity contribution in [3.8, 4) is 11.5 Å². The number of methoxy groups -OCH3 is 1. The van der Waals surface area contributed by atoms with Crippen molar-refractivity contribution in [3.05, 3.63) is 57.1 Å². The fourth-order valence-corrected chi connectivity index (χ4v) is 6.29. The third-order valence-corrected chi connectivity index (χ3v) is 8.81. The molecule has 1 aromatic heterocycles. The van der Waals surface area contributed by atoms with Crippen molar-refractivity contribution in [3.63, 3.8) is 0 Å². The summed E-state index contributed by atoms with van der Waals surface area (Å²) in [5.74, 6) is 0.0699. The molecule has 0 bridgehead atoms. The number of nitrogens with zero attached hydrogens (tertiary/aromatic N) is 1. The van der Waals surface area contributed by atoms with Crippen LogP contribution in [0.3, 0.4) is 0 Å². The van der Waals surface area contributed by atoms with Crippen molar-refractivity contribution in [1.29, 1.82) is 0 Å². The van der Waals surface area contributed by atoms with Gasteiger partial charge in [-0.3, -0.25) is 14.4 Å². The number of carbonyl (C=O) groups is 3. The molecule has 3 atom stereocenters. The number of furan rings is 1. The minimum Gasteiger partial charge on any atom is -0.493 e. The topological polar surface area (TPSA) is 139 Å². The van der Waals surface area contributed by atoms with Gasteiger partial charge in [-0.15, -0.1) is 0 Å². The number of halogens is 1. The van der Waals surface area contributed by atoms with Gasteiger partial charge in [0.2, 0.25) is 11.8 Å². The second-order valence-electron chi connectivity index (χ2n) is 11.4. The van der Waals surface area contributed by atoms with Crippen molar-refractivity contribution in [2.45, 2.75) is 102 Å². The monoisotopic (exact) mass is 738 g/mol. The Hall–Kier alpha value is -2.90. The molecule has 0 fully saturated rings. The maximum atomic E-state index is 13.8. The number of nitrogens with one attached hydrogen (secondary N) is 1. The first-order valence-electron chi connectivity index (χ1n) is 15.9. The Labute approximate surface area is 279 Å². The second kappa shape index (κ2) is 19.6. The molecule has 2 amide bonds. The van der Waals surface area contributed by atoms with Crippen LogP contribution in [0.15, 0.2) is 46.8 Å². The maximum Gasteiger partial charge on any atom is 0.247 e. The van der Waals surface area contributed by atoms with Gasteiger partial charge < -0.3 is 34.3 Å². The molecule has 0 spiro atoms. The average Bonchev–Trinajstić information content (AvgIpc) is 3.56. The number of amides is 2. The molecule has 1 heterocycles. The molecule has 45 heavy (non-hydrogen) atoms. The smallest absolute Gasteiger partial charge is 0.247 e. The molecular weight excluding hydrogens is 691 g/mol. The summed E-state index contributed by atoms with van der Waals surface area (Å²) in [5.41, 5.74) is 1.50. The first-order chi connectivity index (χ1) is 21.8. The van der Waals surface area contributed by atoms with E-state index in [0.717, 1.165) is 31.2 Å². The Bertz CT molecular complexity index is 1250. The lowest BCUT2D eigenvalue weighted by atomic mass is 9.87. The standard InChI is InChI=1S/C34H47IN2O8/c1-3-4-5-6-7-8-9-10-11-12-31(40)37(21-24-13-16-44-23-24)28-19-26(34(42)36-14-15-38)20-29(32(28)41)45-33-27(35)17-25(22-39)18-30(33)43-2/h13,16-18,20,22-23,28-29,32,38,41H,3-12,14-15,19,21H2,1-2H3,(H,36,42)/t28-,29+,32+/m1/s1. The van der Waals surface area contributed by atoms with Crippen molar-refractivity contribution in [2.24, 2.45) is 0 Å². The third-order valence-electron chi connectivity index (χ3n) is 8.00. The number of rotatable bonds is 20. The van der Waals surface area contributed by atoms with Gasteiger partial charge in [0.25, 0.3) is 0 Å². The van der Waals surface area contributed by atoms with Crippen LogP contribution in [0.1, 0.15) is 93.5 Å². The maximum absolute atomic E-state index is 13.8.